The van der Waals surface area contributed by atoms with E-state index in [0.29, 0.717) is 38.2 Å². The van der Waals surface area contributed by atoms with Gasteiger partial charge in [0.15, 0.2) is 0 Å². The van der Waals surface area contributed by atoms with Crippen LogP contribution in [-0.2, 0) is 14.8 Å². The Balaban J connectivity index is 1.94. The van der Waals surface area contributed by atoms with Crippen LogP contribution in [0.3, 0.4) is 0 Å². The van der Waals surface area contributed by atoms with Crippen molar-refractivity contribution < 1.29 is 17.9 Å². The molecule has 1 aromatic carbocycles. The minimum absolute atomic E-state index is 0.00742. The Kier molecular flexibility index (Phi) is 3.88. The van der Waals surface area contributed by atoms with Gasteiger partial charge in [0.2, 0.25) is 15.9 Å². The first kappa shape index (κ1) is 16.3. The fourth-order valence-corrected chi connectivity index (χ4v) is 5.18. The van der Waals surface area contributed by atoms with Crippen molar-refractivity contribution in [3.63, 3.8) is 0 Å². The van der Waals surface area contributed by atoms with Gasteiger partial charge in [-0.2, -0.15) is 4.31 Å². The van der Waals surface area contributed by atoms with Crippen molar-refractivity contribution in [2.75, 3.05) is 26.7 Å². The summed E-state index contributed by atoms with van der Waals surface area (Å²) in [6.45, 7) is 5.19. The third kappa shape index (κ3) is 2.72. The van der Waals surface area contributed by atoms with E-state index in [1.165, 1.54) is 11.4 Å². The van der Waals surface area contributed by atoms with E-state index in [-0.39, 0.29) is 16.2 Å². The number of rotatable bonds is 3. The maximum atomic E-state index is 13.0. The van der Waals surface area contributed by atoms with E-state index >= 15 is 0 Å². The highest BCUT2D eigenvalue weighted by Gasteiger charge is 2.47. The van der Waals surface area contributed by atoms with E-state index in [4.69, 9.17) is 4.74 Å². The summed E-state index contributed by atoms with van der Waals surface area (Å²) in [6, 6.07) is 3.43. The molecule has 2 heterocycles. The summed E-state index contributed by atoms with van der Waals surface area (Å²) in [5.41, 5.74) is 1.65. The van der Waals surface area contributed by atoms with Gasteiger partial charge in [0.05, 0.1) is 7.11 Å². The van der Waals surface area contributed by atoms with Crippen molar-refractivity contribution in [2.24, 2.45) is 5.41 Å². The standard InChI is InChI=1S/C16H22N2O4S/c1-11-6-13(22-3)14(7-12(11)2)23(20,21)18-5-4-16(10-18)8-15(19)17-9-16/h6-7H,4-5,8-10H2,1-3H3,(H,17,19). The molecule has 1 atom stereocenters. The highest BCUT2D eigenvalue weighted by molar-refractivity contribution is 7.89. The molecule has 0 saturated carbocycles. The number of amides is 1. The molecule has 7 heteroatoms. The zero-order valence-corrected chi connectivity index (χ0v) is 14.5. The molecule has 126 valence electrons. The number of nitrogens with zero attached hydrogens (tertiary/aromatic N) is 1. The molecule has 1 aromatic rings. The molecule has 0 aromatic heterocycles. The summed E-state index contributed by atoms with van der Waals surface area (Å²) in [5, 5.41) is 2.82. The molecule has 2 aliphatic rings. The van der Waals surface area contributed by atoms with Crippen molar-refractivity contribution in [3.8, 4) is 5.75 Å². The van der Waals surface area contributed by atoms with Crippen LogP contribution in [0.4, 0.5) is 0 Å². The average Bonchev–Trinajstić information content (AvgIpc) is 3.08. The van der Waals surface area contributed by atoms with Gasteiger partial charge in [0.25, 0.3) is 0 Å². The average molecular weight is 338 g/mol. The molecule has 0 radical (unpaired) electrons. The van der Waals surface area contributed by atoms with Crippen LogP contribution in [0.5, 0.6) is 5.75 Å². The molecule has 2 fully saturated rings. The van der Waals surface area contributed by atoms with Gasteiger partial charge in [0, 0.05) is 31.5 Å². The fraction of sp³-hybridized carbons (Fsp3) is 0.562. The largest absolute Gasteiger partial charge is 0.495 e. The van der Waals surface area contributed by atoms with E-state index in [9.17, 15) is 13.2 Å². The topological polar surface area (TPSA) is 75.7 Å². The van der Waals surface area contributed by atoms with Crippen molar-refractivity contribution in [1.29, 1.82) is 0 Å². The molecule has 1 unspecified atom stereocenters. The highest BCUT2D eigenvalue weighted by atomic mass is 32.2. The van der Waals surface area contributed by atoms with Crippen molar-refractivity contribution in [2.45, 2.75) is 31.6 Å². The zero-order chi connectivity index (χ0) is 16.8. The number of sulfonamides is 1. The molecule has 1 spiro atoms. The van der Waals surface area contributed by atoms with Gasteiger partial charge in [-0.3, -0.25) is 4.79 Å². The van der Waals surface area contributed by atoms with Crippen LogP contribution in [0, 0.1) is 19.3 Å². The van der Waals surface area contributed by atoms with Crippen LogP contribution < -0.4 is 10.1 Å². The van der Waals surface area contributed by atoms with Gasteiger partial charge >= 0.3 is 0 Å². The third-order valence-electron chi connectivity index (χ3n) is 5.00. The van der Waals surface area contributed by atoms with Gasteiger partial charge in [-0.25, -0.2) is 8.42 Å². The summed E-state index contributed by atoms with van der Waals surface area (Å²) in [4.78, 5) is 11.7. The summed E-state index contributed by atoms with van der Waals surface area (Å²) in [7, 11) is -2.15. The fourth-order valence-electron chi connectivity index (χ4n) is 3.40. The normalized spacial score (nSPS) is 25.1. The lowest BCUT2D eigenvalue weighted by Gasteiger charge is -2.22. The van der Waals surface area contributed by atoms with Gasteiger partial charge in [-0.15, -0.1) is 0 Å². The monoisotopic (exact) mass is 338 g/mol. The molecule has 23 heavy (non-hydrogen) atoms. The maximum absolute atomic E-state index is 13.0. The second kappa shape index (κ2) is 5.49. The predicted octanol–water partition coefficient (Wildman–Crippen LogP) is 1.21. The van der Waals surface area contributed by atoms with E-state index < -0.39 is 10.0 Å². The molecular formula is C16H22N2O4S. The van der Waals surface area contributed by atoms with Gasteiger partial charge in [-0.1, -0.05) is 0 Å². The van der Waals surface area contributed by atoms with E-state index in [1.807, 2.05) is 13.8 Å². The first-order chi connectivity index (χ1) is 10.8. The lowest BCUT2D eigenvalue weighted by Crippen LogP contribution is -2.33. The lowest BCUT2D eigenvalue weighted by molar-refractivity contribution is -0.119. The number of hydrogen-bond donors (Lipinski definition) is 1. The van der Waals surface area contributed by atoms with Crippen LogP contribution in [0.15, 0.2) is 17.0 Å². The van der Waals surface area contributed by atoms with Gasteiger partial charge in [-0.05, 0) is 43.5 Å². The number of ether oxygens (including phenoxy) is 1. The predicted molar refractivity (Wildman–Crippen MR) is 85.9 cm³/mol. The first-order valence-corrected chi connectivity index (χ1v) is 9.14. The SMILES string of the molecule is COc1cc(C)c(C)cc1S(=O)(=O)N1CCC2(CNC(=O)C2)C1. The Hall–Kier alpha value is -1.60. The quantitative estimate of drug-likeness (QED) is 0.899. The number of carbonyl (C=O) groups is 1. The Morgan fingerprint density at radius 1 is 1.26 bits per heavy atom. The van der Waals surface area contributed by atoms with E-state index in [1.54, 1.807) is 12.1 Å². The molecule has 6 nitrogen and oxygen atoms in total. The zero-order valence-electron chi connectivity index (χ0n) is 13.7. The second-order valence-corrected chi connectivity index (χ2v) is 8.54. The minimum atomic E-state index is -3.63. The smallest absolute Gasteiger partial charge is 0.246 e. The Labute approximate surface area is 136 Å². The van der Waals surface area contributed by atoms with Crippen LogP contribution in [0.2, 0.25) is 0 Å². The van der Waals surface area contributed by atoms with Gasteiger partial charge < -0.3 is 10.1 Å². The number of benzene rings is 1. The molecular weight excluding hydrogens is 316 g/mol. The number of aryl methyl sites for hydroxylation is 2. The first-order valence-electron chi connectivity index (χ1n) is 7.70. The number of carbonyl (C=O) groups excluding carboxylic acids is 1. The molecule has 0 aliphatic carbocycles. The maximum Gasteiger partial charge on any atom is 0.246 e. The highest BCUT2D eigenvalue weighted by Crippen LogP contribution is 2.40. The molecule has 3 rings (SSSR count). The van der Waals surface area contributed by atoms with Crippen LogP contribution >= 0.6 is 0 Å². The summed E-state index contributed by atoms with van der Waals surface area (Å²) in [5.74, 6) is 0.377. The molecule has 1 N–H and O–H groups in total. The Morgan fingerprint density at radius 2 is 1.96 bits per heavy atom. The van der Waals surface area contributed by atoms with Crippen molar-refractivity contribution >= 4 is 15.9 Å². The number of nitrogens with one attached hydrogen (secondary N) is 1. The lowest BCUT2D eigenvalue weighted by atomic mass is 9.86. The van der Waals surface area contributed by atoms with Crippen molar-refractivity contribution in [3.05, 3.63) is 23.3 Å². The second-order valence-electron chi connectivity index (χ2n) is 6.63. The van der Waals surface area contributed by atoms with Gasteiger partial charge in [0.1, 0.15) is 10.6 Å². The van der Waals surface area contributed by atoms with Crippen LogP contribution in [0.1, 0.15) is 24.0 Å². The van der Waals surface area contributed by atoms with Crippen LogP contribution in [-0.4, -0.2) is 45.4 Å². The molecule has 0 bridgehead atoms. The third-order valence-corrected chi connectivity index (χ3v) is 6.86. The Morgan fingerprint density at radius 3 is 2.57 bits per heavy atom. The molecule has 2 aliphatic heterocycles. The molecule has 2 saturated heterocycles. The van der Waals surface area contributed by atoms with Crippen LogP contribution in [0.25, 0.3) is 0 Å². The Bertz CT molecular complexity index is 760. The van der Waals surface area contributed by atoms with E-state index in [0.717, 1.165) is 11.1 Å². The molecule has 1 amide bonds. The summed E-state index contributed by atoms with van der Waals surface area (Å²) >= 11 is 0. The van der Waals surface area contributed by atoms with E-state index in [2.05, 4.69) is 5.32 Å². The van der Waals surface area contributed by atoms with Crippen molar-refractivity contribution in [1.82, 2.24) is 9.62 Å². The number of hydrogen-bond acceptors (Lipinski definition) is 4. The number of methoxy groups -OCH3 is 1. The summed E-state index contributed by atoms with van der Waals surface area (Å²) in [6.07, 6.45) is 1.11. The minimum Gasteiger partial charge on any atom is -0.495 e. The summed E-state index contributed by atoms with van der Waals surface area (Å²) < 4.78 is 32.9.